The number of nitrogens with zero attached hydrogens (tertiary/aromatic N) is 1. The summed E-state index contributed by atoms with van der Waals surface area (Å²) in [6, 6.07) is 0. The molecule has 0 N–H and O–H groups in total. The fraction of sp³-hybridized carbons (Fsp3) is 0.700. The van der Waals surface area contributed by atoms with Crippen LogP contribution in [0, 0.1) is 5.92 Å². The zero-order chi connectivity index (χ0) is 9.72. The number of carbonyl (C=O) groups excluding carboxylic acids is 1. The minimum atomic E-state index is 0.108. The number of hydrogen-bond donors (Lipinski definition) is 0. The predicted octanol–water partition coefficient (Wildman–Crippen LogP) is 1.72. The third-order valence-electron chi connectivity index (χ3n) is 1.68. The van der Waals surface area contributed by atoms with Gasteiger partial charge in [-0.15, -0.1) is 0 Å². The molecule has 0 saturated carbocycles. The zero-order valence-corrected chi connectivity index (χ0v) is 8.72. The molecule has 0 aliphatic heterocycles. The topological polar surface area (TPSA) is 20.3 Å². The van der Waals surface area contributed by atoms with Gasteiger partial charge >= 0.3 is 0 Å². The van der Waals surface area contributed by atoms with E-state index in [4.69, 9.17) is 0 Å². The zero-order valence-electron chi connectivity index (χ0n) is 8.72. The van der Waals surface area contributed by atoms with Crippen LogP contribution in [0.1, 0.15) is 20.8 Å². The van der Waals surface area contributed by atoms with Crippen LogP contribution < -0.4 is 0 Å². The number of ketones is 1. The minimum Gasteiger partial charge on any atom is -0.305 e. The lowest BCUT2D eigenvalue weighted by atomic mass is 10.0. The van der Waals surface area contributed by atoms with Crippen molar-refractivity contribution in [1.82, 2.24) is 4.90 Å². The summed E-state index contributed by atoms with van der Waals surface area (Å²) in [6.07, 6.45) is 1.91. The predicted molar refractivity (Wildman–Crippen MR) is 52.2 cm³/mol. The first kappa shape index (κ1) is 11.4. The standard InChI is InChI=1S/C10H19NO/c1-6-9(7-11(4)5)10(12)8(2)3/h6,8H,7H2,1-5H3/b9-6-. The second kappa shape index (κ2) is 5.09. The molecule has 0 aliphatic carbocycles. The SMILES string of the molecule is C/C=C(/CN(C)C)C(=O)C(C)C. The molecule has 0 fully saturated rings. The molecule has 2 nitrogen and oxygen atoms in total. The van der Waals surface area contributed by atoms with Gasteiger partial charge in [-0.3, -0.25) is 4.79 Å². The molecule has 0 amide bonds. The number of rotatable bonds is 4. The Bertz CT molecular complexity index is 180. The molecule has 0 aromatic heterocycles. The van der Waals surface area contributed by atoms with Gasteiger partial charge in [-0.1, -0.05) is 19.9 Å². The van der Waals surface area contributed by atoms with Gasteiger partial charge in [-0.05, 0) is 21.0 Å². The third kappa shape index (κ3) is 3.67. The largest absolute Gasteiger partial charge is 0.305 e. The minimum absolute atomic E-state index is 0.108. The highest BCUT2D eigenvalue weighted by Crippen LogP contribution is 2.06. The van der Waals surface area contributed by atoms with E-state index >= 15 is 0 Å². The molecule has 0 saturated heterocycles. The van der Waals surface area contributed by atoms with Gasteiger partial charge in [0.25, 0.3) is 0 Å². The van der Waals surface area contributed by atoms with Crippen LogP contribution in [0.15, 0.2) is 11.6 Å². The number of hydrogen-bond acceptors (Lipinski definition) is 2. The second-order valence-corrected chi connectivity index (χ2v) is 3.57. The molecule has 0 rings (SSSR count). The van der Waals surface area contributed by atoms with Crippen molar-refractivity contribution in [3.63, 3.8) is 0 Å². The highest BCUT2D eigenvalue weighted by Gasteiger charge is 2.12. The van der Waals surface area contributed by atoms with Crippen LogP contribution in [-0.2, 0) is 4.79 Å². The Balaban J connectivity index is 4.28. The van der Waals surface area contributed by atoms with Crippen molar-refractivity contribution < 1.29 is 4.79 Å². The summed E-state index contributed by atoms with van der Waals surface area (Å²) >= 11 is 0. The molecular weight excluding hydrogens is 150 g/mol. The Morgan fingerprint density at radius 3 is 2.17 bits per heavy atom. The van der Waals surface area contributed by atoms with Gasteiger partial charge < -0.3 is 4.90 Å². The molecule has 70 valence electrons. The van der Waals surface area contributed by atoms with Gasteiger partial charge in [0.1, 0.15) is 0 Å². The van der Waals surface area contributed by atoms with Gasteiger partial charge in [0.2, 0.25) is 0 Å². The smallest absolute Gasteiger partial charge is 0.162 e. The maximum absolute atomic E-state index is 11.5. The van der Waals surface area contributed by atoms with E-state index in [0.717, 1.165) is 12.1 Å². The maximum atomic E-state index is 11.5. The highest BCUT2D eigenvalue weighted by molar-refractivity contribution is 5.96. The molecule has 0 bridgehead atoms. The van der Waals surface area contributed by atoms with Gasteiger partial charge in [-0.2, -0.15) is 0 Å². The van der Waals surface area contributed by atoms with Crippen LogP contribution in [0.4, 0.5) is 0 Å². The number of likely N-dealkylation sites (N-methyl/N-ethyl adjacent to an activating group) is 1. The molecule has 0 aliphatic rings. The average Bonchev–Trinajstić information content (AvgIpc) is 1.98. The van der Waals surface area contributed by atoms with Crippen molar-refractivity contribution in [2.24, 2.45) is 5.92 Å². The van der Waals surface area contributed by atoms with Crippen molar-refractivity contribution in [2.45, 2.75) is 20.8 Å². The van der Waals surface area contributed by atoms with Crippen LogP contribution in [0.3, 0.4) is 0 Å². The Labute approximate surface area is 75.3 Å². The molecule has 12 heavy (non-hydrogen) atoms. The van der Waals surface area contributed by atoms with E-state index in [1.807, 2.05) is 45.8 Å². The average molecular weight is 169 g/mol. The summed E-state index contributed by atoms with van der Waals surface area (Å²) in [4.78, 5) is 13.5. The van der Waals surface area contributed by atoms with Crippen LogP contribution in [0.5, 0.6) is 0 Å². The molecule has 0 aromatic carbocycles. The van der Waals surface area contributed by atoms with E-state index in [1.54, 1.807) is 0 Å². The summed E-state index contributed by atoms with van der Waals surface area (Å²) in [5, 5.41) is 0. The number of Topliss-reactive ketones (excluding diaryl/α,β-unsaturated/α-hetero) is 1. The van der Waals surface area contributed by atoms with Crippen LogP contribution in [0.25, 0.3) is 0 Å². The van der Waals surface area contributed by atoms with Gasteiger partial charge in [0, 0.05) is 18.0 Å². The number of carbonyl (C=O) groups is 1. The van der Waals surface area contributed by atoms with E-state index in [0.29, 0.717) is 0 Å². The fourth-order valence-electron chi connectivity index (χ4n) is 1.02. The number of allylic oxidation sites excluding steroid dienone is 1. The van der Waals surface area contributed by atoms with E-state index in [1.165, 1.54) is 0 Å². The molecule has 2 heteroatoms. The van der Waals surface area contributed by atoms with Crippen LogP contribution >= 0.6 is 0 Å². The molecule has 0 aromatic rings. The molecule has 0 spiro atoms. The van der Waals surface area contributed by atoms with E-state index in [9.17, 15) is 4.79 Å². The Hall–Kier alpha value is -0.630. The Morgan fingerprint density at radius 2 is 1.92 bits per heavy atom. The molecule has 0 unspecified atom stereocenters. The lowest BCUT2D eigenvalue weighted by Crippen LogP contribution is -2.22. The fourth-order valence-corrected chi connectivity index (χ4v) is 1.02. The first-order chi connectivity index (χ1) is 5.49. The van der Waals surface area contributed by atoms with Crippen LogP contribution in [-0.4, -0.2) is 31.3 Å². The Morgan fingerprint density at radius 1 is 1.42 bits per heavy atom. The van der Waals surface area contributed by atoms with E-state index in [-0.39, 0.29) is 11.7 Å². The normalized spacial score (nSPS) is 12.8. The second-order valence-electron chi connectivity index (χ2n) is 3.57. The molecule has 0 heterocycles. The van der Waals surface area contributed by atoms with Crippen molar-refractivity contribution in [3.8, 4) is 0 Å². The van der Waals surface area contributed by atoms with E-state index < -0.39 is 0 Å². The van der Waals surface area contributed by atoms with Crippen molar-refractivity contribution in [3.05, 3.63) is 11.6 Å². The summed E-state index contributed by atoms with van der Waals surface area (Å²) in [7, 11) is 3.94. The third-order valence-corrected chi connectivity index (χ3v) is 1.68. The lowest BCUT2D eigenvalue weighted by Gasteiger charge is -2.13. The van der Waals surface area contributed by atoms with Gasteiger partial charge in [-0.25, -0.2) is 0 Å². The lowest BCUT2D eigenvalue weighted by molar-refractivity contribution is -0.118. The van der Waals surface area contributed by atoms with Crippen molar-refractivity contribution >= 4 is 5.78 Å². The summed E-state index contributed by atoms with van der Waals surface area (Å²) < 4.78 is 0. The molecule has 0 radical (unpaired) electrons. The van der Waals surface area contributed by atoms with Crippen LogP contribution in [0.2, 0.25) is 0 Å². The summed E-state index contributed by atoms with van der Waals surface area (Å²) in [5.74, 6) is 0.363. The first-order valence-electron chi connectivity index (χ1n) is 4.33. The molecule has 0 atom stereocenters. The maximum Gasteiger partial charge on any atom is 0.162 e. The quantitative estimate of drug-likeness (QED) is 0.597. The summed E-state index contributed by atoms with van der Waals surface area (Å²) in [5.41, 5.74) is 0.912. The highest BCUT2D eigenvalue weighted by atomic mass is 16.1. The van der Waals surface area contributed by atoms with Gasteiger partial charge in [0.15, 0.2) is 5.78 Å². The first-order valence-corrected chi connectivity index (χ1v) is 4.33. The van der Waals surface area contributed by atoms with Crippen molar-refractivity contribution in [1.29, 1.82) is 0 Å². The molecular formula is C10H19NO. The monoisotopic (exact) mass is 169 g/mol. The van der Waals surface area contributed by atoms with Gasteiger partial charge in [0.05, 0.1) is 0 Å². The Kier molecular flexibility index (Phi) is 4.83. The summed E-state index contributed by atoms with van der Waals surface area (Å²) in [6.45, 7) is 6.52. The van der Waals surface area contributed by atoms with E-state index in [2.05, 4.69) is 0 Å². The van der Waals surface area contributed by atoms with Crippen molar-refractivity contribution in [2.75, 3.05) is 20.6 Å².